The van der Waals surface area contributed by atoms with Gasteiger partial charge >= 0.3 is 5.97 Å². The lowest BCUT2D eigenvalue weighted by Gasteiger charge is -2.15. The van der Waals surface area contributed by atoms with Crippen molar-refractivity contribution >= 4 is 17.9 Å². The molecule has 0 radical (unpaired) electrons. The van der Waals surface area contributed by atoms with Crippen molar-refractivity contribution in [2.75, 3.05) is 0 Å². The summed E-state index contributed by atoms with van der Waals surface area (Å²) in [5, 5.41) is 1.82. The van der Waals surface area contributed by atoms with Crippen molar-refractivity contribution in [1.82, 2.24) is 4.47 Å². The van der Waals surface area contributed by atoms with E-state index in [1.807, 2.05) is 11.5 Å². The van der Waals surface area contributed by atoms with Crippen LogP contribution >= 0.6 is 11.9 Å². The summed E-state index contributed by atoms with van der Waals surface area (Å²) >= 11 is 1.31. The minimum atomic E-state index is -0.313. The van der Waals surface area contributed by atoms with Crippen molar-refractivity contribution in [1.29, 1.82) is 0 Å². The number of hydroxylamine groups is 1. The molecule has 0 bridgehead atoms. The van der Waals surface area contributed by atoms with Gasteiger partial charge in [-0.15, -0.1) is 4.47 Å². The van der Waals surface area contributed by atoms with Gasteiger partial charge in [0.25, 0.3) is 0 Å². The maximum absolute atomic E-state index is 10.4. The van der Waals surface area contributed by atoms with Crippen LogP contribution in [0.4, 0.5) is 0 Å². The fourth-order valence-electron chi connectivity index (χ4n) is 0.474. The Kier molecular flexibility index (Phi) is 2.39. The van der Waals surface area contributed by atoms with E-state index in [9.17, 15) is 4.79 Å². The first-order chi connectivity index (χ1) is 4.79. The summed E-state index contributed by atoms with van der Waals surface area (Å²) in [6.45, 7) is 1.37. The predicted octanol–water partition coefficient (Wildman–Crippen LogP) is 1.46. The Balaban J connectivity index is 2.37. The molecule has 0 atom stereocenters. The Morgan fingerprint density at radius 2 is 2.40 bits per heavy atom. The average Bonchev–Trinajstić information content (AvgIpc) is 1.88. The molecule has 10 heavy (non-hydrogen) atoms. The molecule has 0 aromatic heterocycles. The van der Waals surface area contributed by atoms with Crippen LogP contribution in [0.1, 0.15) is 6.92 Å². The topological polar surface area (TPSA) is 29.5 Å². The lowest BCUT2D eigenvalue weighted by atomic mass is 10.6. The second kappa shape index (κ2) is 3.31. The Bertz CT molecular complexity index is 188. The molecule has 3 nitrogen and oxygen atoms in total. The van der Waals surface area contributed by atoms with Gasteiger partial charge in [-0.1, -0.05) is 6.08 Å². The molecule has 1 aliphatic heterocycles. The quantitative estimate of drug-likeness (QED) is 0.539. The molecule has 4 heteroatoms. The summed E-state index contributed by atoms with van der Waals surface area (Å²) in [5.74, 6) is -0.313. The Morgan fingerprint density at radius 3 is 2.90 bits per heavy atom. The molecule has 0 saturated carbocycles. The van der Waals surface area contributed by atoms with Crippen molar-refractivity contribution in [2.24, 2.45) is 0 Å². The van der Waals surface area contributed by atoms with E-state index >= 15 is 0 Å². The molecule has 0 fully saturated rings. The Morgan fingerprint density at radius 1 is 1.60 bits per heavy atom. The van der Waals surface area contributed by atoms with E-state index < -0.39 is 0 Å². The van der Waals surface area contributed by atoms with Crippen molar-refractivity contribution in [3.05, 3.63) is 23.8 Å². The van der Waals surface area contributed by atoms with Gasteiger partial charge in [0.1, 0.15) is 0 Å². The second-order valence-corrected chi connectivity index (χ2v) is 2.49. The summed E-state index contributed by atoms with van der Waals surface area (Å²) in [7, 11) is 0. The van der Waals surface area contributed by atoms with Gasteiger partial charge in [-0.2, -0.15) is 0 Å². The number of carbonyl (C=O) groups excluding carboxylic acids is 1. The van der Waals surface area contributed by atoms with Gasteiger partial charge in [-0.3, -0.25) is 0 Å². The highest BCUT2D eigenvalue weighted by molar-refractivity contribution is 7.99. The molecule has 0 aromatic rings. The van der Waals surface area contributed by atoms with Crippen molar-refractivity contribution in [2.45, 2.75) is 6.92 Å². The highest BCUT2D eigenvalue weighted by Crippen LogP contribution is 2.16. The van der Waals surface area contributed by atoms with Crippen molar-refractivity contribution in [3.8, 4) is 0 Å². The van der Waals surface area contributed by atoms with E-state index in [0.717, 1.165) is 0 Å². The SMILES string of the molecule is CC(=O)ON1C=CC=CS1. The Hall–Kier alpha value is -0.900. The highest BCUT2D eigenvalue weighted by atomic mass is 32.2. The maximum atomic E-state index is 10.4. The van der Waals surface area contributed by atoms with E-state index in [2.05, 4.69) is 0 Å². The summed E-state index contributed by atoms with van der Waals surface area (Å²) in [5.41, 5.74) is 0. The third-order valence-corrected chi connectivity index (χ3v) is 1.46. The fraction of sp³-hybridized carbons (Fsp3) is 0.167. The standard InChI is InChI=1S/C6H7NO2S/c1-6(8)9-7-4-2-3-5-10-7/h2-5H,1H3. The van der Waals surface area contributed by atoms with Crippen LogP contribution in [0.3, 0.4) is 0 Å². The summed E-state index contributed by atoms with van der Waals surface area (Å²) in [6.07, 6.45) is 5.33. The molecule has 1 heterocycles. The molecule has 0 saturated heterocycles. The third kappa shape index (κ3) is 2.14. The van der Waals surface area contributed by atoms with E-state index in [1.54, 1.807) is 12.3 Å². The van der Waals surface area contributed by atoms with Gasteiger partial charge < -0.3 is 4.84 Å². The van der Waals surface area contributed by atoms with Crippen LogP contribution in [-0.4, -0.2) is 10.4 Å². The predicted molar refractivity (Wildman–Crippen MR) is 39.5 cm³/mol. The van der Waals surface area contributed by atoms with Gasteiger partial charge in [0.05, 0.1) is 6.20 Å². The van der Waals surface area contributed by atoms with Crippen LogP contribution in [0.15, 0.2) is 23.8 Å². The van der Waals surface area contributed by atoms with Crippen LogP contribution in [0.5, 0.6) is 0 Å². The van der Waals surface area contributed by atoms with Gasteiger partial charge in [0, 0.05) is 18.9 Å². The monoisotopic (exact) mass is 157 g/mol. The van der Waals surface area contributed by atoms with Crippen LogP contribution in [0, 0.1) is 0 Å². The number of nitrogens with zero attached hydrogens (tertiary/aromatic N) is 1. The average molecular weight is 157 g/mol. The molecule has 0 aromatic carbocycles. The normalized spacial score (nSPS) is 15.5. The first-order valence-electron chi connectivity index (χ1n) is 2.77. The molecule has 0 unspecified atom stereocenters. The van der Waals surface area contributed by atoms with Crippen molar-refractivity contribution in [3.63, 3.8) is 0 Å². The number of allylic oxidation sites excluding steroid dienone is 2. The lowest BCUT2D eigenvalue weighted by Crippen LogP contribution is -2.12. The van der Waals surface area contributed by atoms with Crippen LogP contribution in [-0.2, 0) is 9.63 Å². The molecular formula is C6H7NO2S. The molecule has 0 N–H and O–H groups in total. The largest absolute Gasteiger partial charge is 0.331 e. The molecular weight excluding hydrogens is 150 g/mol. The summed E-state index contributed by atoms with van der Waals surface area (Å²) in [6, 6.07) is 0. The molecule has 0 spiro atoms. The van der Waals surface area contributed by atoms with Crippen LogP contribution < -0.4 is 0 Å². The summed E-state index contributed by atoms with van der Waals surface area (Å²) < 4.78 is 1.39. The van der Waals surface area contributed by atoms with Gasteiger partial charge in [0.2, 0.25) is 0 Å². The highest BCUT2D eigenvalue weighted by Gasteiger charge is 2.02. The van der Waals surface area contributed by atoms with E-state index in [0.29, 0.717) is 0 Å². The fourth-order valence-corrected chi connectivity index (χ4v) is 1.04. The first kappa shape index (κ1) is 7.21. The number of hydrogen-bond donors (Lipinski definition) is 0. The van der Waals surface area contributed by atoms with Gasteiger partial charge in [-0.05, 0) is 11.5 Å². The van der Waals surface area contributed by atoms with Crippen LogP contribution in [0.2, 0.25) is 0 Å². The molecule has 54 valence electrons. The second-order valence-electron chi connectivity index (χ2n) is 1.64. The smallest absolute Gasteiger partial charge is 0.330 e. The number of rotatable bonds is 1. The zero-order chi connectivity index (χ0) is 7.40. The van der Waals surface area contributed by atoms with Gasteiger partial charge in [0.15, 0.2) is 0 Å². The molecule has 1 aliphatic rings. The zero-order valence-electron chi connectivity index (χ0n) is 5.48. The van der Waals surface area contributed by atoms with Gasteiger partial charge in [-0.25, -0.2) is 4.79 Å². The molecule has 1 rings (SSSR count). The minimum absolute atomic E-state index is 0.313. The summed E-state index contributed by atoms with van der Waals surface area (Å²) in [4.78, 5) is 15.1. The van der Waals surface area contributed by atoms with Crippen LogP contribution in [0.25, 0.3) is 0 Å². The van der Waals surface area contributed by atoms with E-state index in [-0.39, 0.29) is 5.97 Å². The zero-order valence-corrected chi connectivity index (χ0v) is 6.30. The van der Waals surface area contributed by atoms with E-state index in [4.69, 9.17) is 4.84 Å². The molecule has 0 amide bonds. The minimum Gasteiger partial charge on any atom is -0.331 e. The lowest BCUT2D eigenvalue weighted by molar-refractivity contribution is -0.158. The first-order valence-corrected chi connectivity index (χ1v) is 3.60. The maximum Gasteiger partial charge on any atom is 0.330 e. The third-order valence-electron chi connectivity index (χ3n) is 0.781. The van der Waals surface area contributed by atoms with Crippen molar-refractivity contribution < 1.29 is 9.63 Å². The molecule has 0 aliphatic carbocycles. The van der Waals surface area contributed by atoms with E-state index in [1.165, 1.54) is 23.3 Å². The number of hydrogen-bond acceptors (Lipinski definition) is 4. The number of carbonyl (C=O) groups is 1. The Labute approximate surface area is 63.4 Å².